The molecular formula is C19H16ClN5O2. The van der Waals surface area contributed by atoms with Gasteiger partial charge in [0.2, 0.25) is 11.9 Å². The molecule has 3 heterocycles. The number of halogens is 1. The van der Waals surface area contributed by atoms with Crippen LogP contribution in [0.3, 0.4) is 0 Å². The van der Waals surface area contributed by atoms with E-state index in [2.05, 4.69) is 15.4 Å². The fourth-order valence-corrected chi connectivity index (χ4v) is 4.03. The zero-order valence-corrected chi connectivity index (χ0v) is 15.0. The van der Waals surface area contributed by atoms with E-state index < -0.39 is 0 Å². The third-order valence-corrected chi connectivity index (χ3v) is 5.32. The fraction of sp³-hybridized carbons (Fsp3) is 0.211. The molecule has 0 amide bonds. The minimum atomic E-state index is -0.386. The molecule has 0 fully saturated rings. The van der Waals surface area contributed by atoms with E-state index in [4.69, 9.17) is 21.8 Å². The summed E-state index contributed by atoms with van der Waals surface area (Å²) in [7, 11) is 0. The zero-order chi connectivity index (χ0) is 18.5. The van der Waals surface area contributed by atoms with Crippen molar-refractivity contribution in [3.63, 3.8) is 0 Å². The molecule has 136 valence electrons. The zero-order valence-electron chi connectivity index (χ0n) is 14.2. The number of nitrogen functional groups attached to an aromatic ring is 1. The molecular weight excluding hydrogens is 366 g/mol. The van der Waals surface area contributed by atoms with Crippen molar-refractivity contribution in [2.24, 2.45) is 0 Å². The van der Waals surface area contributed by atoms with Crippen molar-refractivity contribution in [3.05, 3.63) is 70.3 Å². The highest BCUT2D eigenvalue weighted by atomic mass is 35.5. The van der Waals surface area contributed by atoms with Crippen molar-refractivity contribution in [1.29, 1.82) is 0 Å². The van der Waals surface area contributed by atoms with Crippen LogP contribution in [0.5, 0.6) is 0 Å². The second-order valence-corrected chi connectivity index (χ2v) is 7.19. The third kappa shape index (κ3) is 2.62. The Balaban J connectivity index is 1.63. The number of carbonyl (C=O) groups is 1. The number of fused-ring (bicyclic) bond motifs is 1. The molecule has 3 aromatic rings. The van der Waals surface area contributed by atoms with Gasteiger partial charge in [-0.15, -0.1) is 5.10 Å². The molecule has 2 aliphatic rings. The summed E-state index contributed by atoms with van der Waals surface area (Å²) < 4.78 is 7.20. The Morgan fingerprint density at radius 1 is 1.22 bits per heavy atom. The van der Waals surface area contributed by atoms with Crippen LogP contribution in [0.15, 0.2) is 58.3 Å². The van der Waals surface area contributed by atoms with Gasteiger partial charge in [-0.1, -0.05) is 23.7 Å². The van der Waals surface area contributed by atoms with E-state index in [-0.39, 0.29) is 23.7 Å². The lowest BCUT2D eigenvalue weighted by Gasteiger charge is -2.34. The molecule has 0 radical (unpaired) electrons. The van der Waals surface area contributed by atoms with Crippen LogP contribution in [0.4, 0.5) is 11.9 Å². The van der Waals surface area contributed by atoms with Crippen LogP contribution in [0.2, 0.25) is 5.02 Å². The predicted octanol–water partition coefficient (Wildman–Crippen LogP) is 3.52. The van der Waals surface area contributed by atoms with E-state index in [1.165, 1.54) is 0 Å². The largest absolute Gasteiger partial charge is 0.469 e. The number of furan rings is 1. The molecule has 27 heavy (non-hydrogen) atoms. The number of anilines is 2. The topological polar surface area (TPSA) is 99.0 Å². The van der Waals surface area contributed by atoms with Crippen LogP contribution in [0, 0.1) is 0 Å². The number of hydrogen-bond donors (Lipinski definition) is 2. The van der Waals surface area contributed by atoms with Gasteiger partial charge in [0.25, 0.3) is 0 Å². The van der Waals surface area contributed by atoms with Gasteiger partial charge in [0.05, 0.1) is 6.26 Å². The SMILES string of the molecule is Nc1nc2n(n1)[C@H](c1ccc(Cl)cc1)C1=C(C[C@@H](c3ccco3)CC1=O)N2. The molecule has 8 heteroatoms. The molecule has 5 rings (SSSR count). The van der Waals surface area contributed by atoms with Crippen molar-refractivity contribution >= 4 is 29.3 Å². The van der Waals surface area contributed by atoms with E-state index >= 15 is 0 Å². The lowest BCUT2D eigenvalue weighted by Crippen LogP contribution is -2.33. The van der Waals surface area contributed by atoms with Crippen LogP contribution >= 0.6 is 11.6 Å². The number of nitrogens with zero attached hydrogens (tertiary/aromatic N) is 3. The van der Waals surface area contributed by atoms with Gasteiger partial charge < -0.3 is 15.5 Å². The first-order valence-corrected chi connectivity index (χ1v) is 9.02. The van der Waals surface area contributed by atoms with Crippen molar-refractivity contribution < 1.29 is 9.21 Å². The average Bonchev–Trinajstić information content (AvgIpc) is 3.29. The monoisotopic (exact) mass is 381 g/mol. The normalized spacial score (nSPS) is 21.6. The van der Waals surface area contributed by atoms with E-state index in [9.17, 15) is 4.79 Å². The first kappa shape index (κ1) is 16.1. The van der Waals surface area contributed by atoms with Gasteiger partial charge in [0.15, 0.2) is 5.78 Å². The maximum absolute atomic E-state index is 13.1. The predicted molar refractivity (Wildman–Crippen MR) is 100 cm³/mol. The quantitative estimate of drug-likeness (QED) is 0.704. The van der Waals surface area contributed by atoms with Crippen molar-refractivity contribution in [1.82, 2.24) is 14.8 Å². The first-order valence-electron chi connectivity index (χ1n) is 8.64. The Bertz CT molecular complexity index is 1050. The second-order valence-electron chi connectivity index (χ2n) is 6.75. The van der Waals surface area contributed by atoms with Gasteiger partial charge in [0, 0.05) is 28.6 Å². The number of nitrogens with two attached hydrogens (primary N) is 1. The highest BCUT2D eigenvalue weighted by Gasteiger charge is 2.40. The number of benzene rings is 1. The molecule has 1 aliphatic carbocycles. The van der Waals surface area contributed by atoms with Crippen molar-refractivity contribution in [3.8, 4) is 0 Å². The molecule has 1 aromatic carbocycles. The number of ketones is 1. The first-order chi connectivity index (χ1) is 13.1. The van der Waals surface area contributed by atoms with Crippen molar-refractivity contribution in [2.75, 3.05) is 11.1 Å². The summed E-state index contributed by atoms with van der Waals surface area (Å²) in [6, 6.07) is 10.8. The average molecular weight is 382 g/mol. The van der Waals surface area contributed by atoms with Crippen LogP contribution in [0.25, 0.3) is 0 Å². The van der Waals surface area contributed by atoms with E-state index in [0.29, 0.717) is 29.4 Å². The van der Waals surface area contributed by atoms with E-state index in [1.54, 1.807) is 23.1 Å². The molecule has 0 bridgehead atoms. The Hall–Kier alpha value is -3.06. The summed E-state index contributed by atoms with van der Waals surface area (Å²) in [5.41, 5.74) is 8.27. The van der Waals surface area contributed by atoms with Crippen LogP contribution < -0.4 is 11.1 Å². The standard InChI is InChI=1S/C19H16ClN5O2/c20-12-5-3-10(4-6-12)17-16-13(22-19-23-18(21)24-25(17)19)8-11(9-14(16)26)15-2-1-7-27-15/h1-7,11,17H,8-9H2,(H3,21,22,23,24)/t11-,17-/m1/s1. The number of aromatic nitrogens is 3. The van der Waals surface area contributed by atoms with Crippen LogP contribution in [-0.2, 0) is 4.79 Å². The minimum absolute atomic E-state index is 0.00330. The molecule has 2 atom stereocenters. The second kappa shape index (κ2) is 5.99. The van der Waals surface area contributed by atoms with Crippen LogP contribution in [0.1, 0.15) is 36.1 Å². The molecule has 0 unspecified atom stereocenters. The number of hydrogen-bond acceptors (Lipinski definition) is 6. The third-order valence-electron chi connectivity index (χ3n) is 5.07. The van der Waals surface area contributed by atoms with Gasteiger partial charge in [-0.25, -0.2) is 4.68 Å². The summed E-state index contributed by atoms with van der Waals surface area (Å²) in [6.45, 7) is 0. The molecule has 0 saturated carbocycles. The Morgan fingerprint density at radius 3 is 2.78 bits per heavy atom. The molecule has 1 aliphatic heterocycles. The van der Waals surface area contributed by atoms with Crippen molar-refractivity contribution in [2.45, 2.75) is 24.8 Å². The summed E-state index contributed by atoms with van der Waals surface area (Å²) in [6.07, 6.45) is 2.68. The highest BCUT2D eigenvalue weighted by molar-refractivity contribution is 6.30. The number of rotatable bonds is 2. The minimum Gasteiger partial charge on any atom is -0.469 e. The molecule has 2 aromatic heterocycles. The number of nitrogens with one attached hydrogen (secondary N) is 1. The maximum Gasteiger partial charge on any atom is 0.241 e. The van der Waals surface area contributed by atoms with E-state index in [0.717, 1.165) is 17.0 Å². The number of allylic oxidation sites excluding steroid dienone is 2. The van der Waals surface area contributed by atoms with Crippen LogP contribution in [-0.4, -0.2) is 20.5 Å². The Kier molecular flexibility index (Phi) is 3.58. The Morgan fingerprint density at radius 2 is 2.04 bits per heavy atom. The summed E-state index contributed by atoms with van der Waals surface area (Å²) in [5.74, 6) is 1.55. The lowest BCUT2D eigenvalue weighted by molar-refractivity contribution is -0.117. The van der Waals surface area contributed by atoms with Gasteiger partial charge >= 0.3 is 0 Å². The van der Waals surface area contributed by atoms with Gasteiger partial charge in [-0.05, 0) is 36.2 Å². The fourth-order valence-electron chi connectivity index (χ4n) is 3.91. The summed E-state index contributed by atoms with van der Waals surface area (Å²) in [4.78, 5) is 17.4. The summed E-state index contributed by atoms with van der Waals surface area (Å²) in [5, 5.41) is 8.19. The molecule has 3 N–H and O–H groups in total. The smallest absolute Gasteiger partial charge is 0.241 e. The highest BCUT2D eigenvalue weighted by Crippen LogP contribution is 2.44. The number of carbonyl (C=O) groups excluding carboxylic acids is 1. The lowest BCUT2D eigenvalue weighted by atomic mass is 9.79. The van der Waals surface area contributed by atoms with Gasteiger partial charge in [0.1, 0.15) is 11.8 Å². The molecule has 0 saturated heterocycles. The molecule has 7 nitrogen and oxygen atoms in total. The number of Topliss-reactive ketones (excluding diaryl/α,β-unsaturated/α-hetero) is 1. The van der Waals surface area contributed by atoms with Gasteiger partial charge in [-0.3, -0.25) is 4.79 Å². The van der Waals surface area contributed by atoms with Gasteiger partial charge in [-0.2, -0.15) is 4.98 Å². The summed E-state index contributed by atoms with van der Waals surface area (Å²) >= 11 is 6.04. The van der Waals surface area contributed by atoms with E-state index in [1.807, 2.05) is 24.3 Å². The Labute approximate surface area is 159 Å². The maximum atomic E-state index is 13.1. The molecule has 0 spiro atoms.